The fourth-order valence-corrected chi connectivity index (χ4v) is 4.07. The number of nitrogens with zero attached hydrogens (tertiary/aromatic N) is 4. The molecule has 0 saturated carbocycles. The van der Waals surface area contributed by atoms with Crippen molar-refractivity contribution in [3.05, 3.63) is 84.6 Å². The number of carboxylic acids is 1. The van der Waals surface area contributed by atoms with Crippen LogP contribution in [0.1, 0.15) is 53.7 Å². The molecule has 0 saturated heterocycles. The van der Waals surface area contributed by atoms with Crippen LogP contribution in [0.15, 0.2) is 46.0 Å². The first-order valence-corrected chi connectivity index (χ1v) is 11.6. The number of carbonyl (C=O) groups is 1. The minimum absolute atomic E-state index is 0.00714. The molecule has 0 atom stereocenters. The average Bonchev–Trinajstić information content (AvgIpc) is 2.78. The van der Waals surface area contributed by atoms with Gasteiger partial charge in [0.25, 0.3) is 0 Å². The van der Waals surface area contributed by atoms with E-state index in [2.05, 4.69) is 4.98 Å². The lowest BCUT2D eigenvalue weighted by Gasteiger charge is -2.26. The molecule has 1 N–H and O–H groups in total. The summed E-state index contributed by atoms with van der Waals surface area (Å²) in [7, 11) is 0. The number of rotatable bonds is 9. The zero-order chi connectivity index (χ0) is 25.0. The largest absolute Gasteiger partial charge is 0.478 e. The molecule has 3 rings (SSSR count). The number of benzene rings is 2. The van der Waals surface area contributed by atoms with E-state index in [0.29, 0.717) is 18.8 Å². The highest BCUT2D eigenvalue weighted by Crippen LogP contribution is 2.22. The molecule has 180 valence electrons. The SMILES string of the molecule is CCCN(CCC)c1nc(=O)n(Cc2ccc(C)c(C)c2)c(=O)n1-c1ccc(C(=O)O)c(Cl)c1. The number of carboxylic acid groups (broad SMARTS) is 1. The maximum atomic E-state index is 13.7. The minimum atomic E-state index is -1.17. The molecule has 0 aliphatic rings. The fourth-order valence-electron chi connectivity index (χ4n) is 3.81. The van der Waals surface area contributed by atoms with Crippen LogP contribution in [0.3, 0.4) is 0 Å². The van der Waals surface area contributed by atoms with Crippen molar-refractivity contribution < 1.29 is 9.90 Å². The van der Waals surface area contributed by atoms with Gasteiger partial charge in [0.05, 0.1) is 22.8 Å². The maximum Gasteiger partial charge on any atom is 0.355 e. The third-order valence-electron chi connectivity index (χ3n) is 5.67. The monoisotopic (exact) mass is 484 g/mol. The summed E-state index contributed by atoms with van der Waals surface area (Å²) in [5, 5.41) is 9.32. The molecule has 2 aromatic carbocycles. The molecule has 0 radical (unpaired) electrons. The lowest BCUT2D eigenvalue weighted by Crippen LogP contribution is -2.45. The normalized spacial score (nSPS) is 11.0. The van der Waals surface area contributed by atoms with Gasteiger partial charge in [0.15, 0.2) is 0 Å². The van der Waals surface area contributed by atoms with Crippen LogP contribution < -0.4 is 16.3 Å². The Morgan fingerprint density at radius 2 is 1.71 bits per heavy atom. The maximum absolute atomic E-state index is 13.7. The first-order chi connectivity index (χ1) is 16.2. The van der Waals surface area contributed by atoms with Gasteiger partial charge in [0.1, 0.15) is 0 Å². The topological polar surface area (TPSA) is 97.4 Å². The van der Waals surface area contributed by atoms with E-state index in [-0.39, 0.29) is 23.1 Å². The van der Waals surface area contributed by atoms with Gasteiger partial charge in [-0.1, -0.05) is 43.6 Å². The quantitative estimate of drug-likeness (QED) is 0.492. The van der Waals surface area contributed by atoms with E-state index < -0.39 is 17.3 Å². The molecule has 3 aromatic rings. The zero-order valence-corrected chi connectivity index (χ0v) is 20.6. The molecule has 0 amide bonds. The van der Waals surface area contributed by atoms with E-state index in [0.717, 1.165) is 34.1 Å². The van der Waals surface area contributed by atoms with Crippen molar-refractivity contribution in [2.45, 2.75) is 47.1 Å². The van der Waals surface area contributed by atoms with Crippen LogP contribution in [0.25, 0.3) is 5.69 Å². The Morgan fingerprint density at radius 1 is 1.03 bits per heavy atom. The standard InChI is InChI=1S/C25H29ClN4O4/c1-5-11-28(12-6-2)23-27-24(33)29(15-18-8-7-16(3)17(4)13-18)25(34)30(23)19-9-10-20(22(31)32)21(26)14-19/h7-10,13-14H,5-6,11-12,15H2,1-4H3,(H,31,32). The summed E-state index contributed by atoms with van der Waals surface area (Å²) in [5.41, 5.74) is 2.04. The number of aryl methyl sites for hydroxylation is 2. The van der Waals surface area contributed by atoms with E-state index in [1.54, 1.807) is 0 Å². The van der Waals surface area contributed by atoms with E-state index in [1.165, 1.54) is 22.8 Å². The molecular formula is C25H29ClN4O4. The Bertz CT molecular complexity index is 1320. The van der Waals surface area contributed by atoms with E-state index in [4.69, 9.17) is 11.6 Å². The van der Waals surface area contributed by atoms with E-state index in [1.807, 2.05) is 50.8 Å². The van der Waals surface area contributed by atoms with Crippen LogP contribution >= 0.6 is 11.6 Å². The highest BCUT2D eigenvalue weighted by Gasteiger charge is 2.21. The van der Waals surface area contributed by atoms with Crippen LogP contribution in [-0.4, -0.2) is 38.3 Å². The second kappa shape index (κ2) is 10.7. The van der Waals surface area contributed by atoms with Crippen LogP contribution in [0.2, 0.25) is 5.02 Å². The highest BCUT2D eigenvalue weighted by atomic mass is 35.5. The van der Waals surface area contributed by atoms with Crippen molar-refractivity contribution in [3.63, 3.8) is 0 Å². The number of halogens is 1. The van der Waals surface area contributed by atoms with Gasteiger partial charge in [-0.2, -0.15) is 4.98 Å². The van der Waals surface area contributed by atoms with E-state index in [9.17, 15) is 19.5 Å². The second-order valence-corrected chi connectivity index (χ2v) is 8.68. The molecule has 0 aliphatic heterocycles. The molecule has 0 aliphatic carbocycles. The van der Waals surface area contributed by atoms with Gasteiger partial charge in [0.2, 0.25) is 5.95 Å². The van der Waals surface area contributed by atoms with Gasteiger partial charge in [-0.3, -0.25) is 0 Å². The first kappa shape index (κ1) is 25.2. The molecule has 34 heavy (non-hydrogen) atoms. The van der Waals surface area contributed by atoms with Crippen molar-refractivity contribution in [1.82, 2.24) is 14.1 Å². The Kier molecular flexibility index (Phi) is 7.94. The number of hydrogen-bond acceptors (Lipinski definition) is 5. The highest BCUT2D eigenvalue weighted by molar-refractivity contribution is 6.33. The molecule has 0 fully saturated rings. The number of aromatic carboxylic acids is 1. The van der Waals surface area contributed by atoms with E-state index >= 15 is 0 Å². The predicted molar refractivity (Wildman–Crippen MR) is 134 cm³/mol. The summed E-state index contributed by atoms with van der Waals surface area (Å²) < 4.78 is 2.42. The van der Waals surface area contributed by atoms with Crippen LogP contribution in [0, 0.1) is 13.8 Å². The summed E-state index contributed by atoms with van der Waals surface area (Å²) in [6.45, 7) is 9.24. The first-order valence-electron chi connectivity index (χ1n) is 11.3. The van der Waals surface area contributed by atoms with Gasteiger partial charge in [-0.25, -0.2) is 23.5 Å². The minimum Gasteiger partial charge on any atom is -0.478 e. The van der Waals surface area contributed by atoms with Gasteiger partial charge in [-0.15, -0.1) is 0 Å². The lowest BCUT2D eigenvalue weighted by molar-refractivity contribution is 0.0697. The van der Waals surface area contributed by atoms with Crippen LogP contribution in [-0.2, 0) is 6.54 Å². The predicted octanol–water partition coefficient (Wildman–Crippen LogP) is 4.04. The van der Waals surface area contributed by atoms with Crippen LogP contribution in [0.5, 0.6) is 0 Å². The third-order valence-corrected chi connectivity index (χ3v) is 5.98. The molecule has 0 unspecified atom stereocenters. The number of hydrogen-bond donors (Lipinski definition) is 1. The zero-order valence-electron chi connectivity index (χ0n) is 19.8. The van der Waals surface area contributed by atoms with Gasteiger partial charge >= 0.3 is 17.3 Å². The molecule has 0 spiro atoms. The van der Waals surface area contributed by atoms with Crippen LogP contribution in [0.4, 0.5) is 5.95 Å². The molecular weight excluding hydrogens is 456 g/mol. The summed E-state index contributed by atoms with van der Waals surface area (Å²) in [6, 6.07) is 10.0. The fraction of sp³-hybridized carbons (Fsp3) is 0.360. The van der Waals surface area contributed by atoms with Crippen molar-refractivity contribution in [1.29, 1.82) is 0 Å². The molecule has 1 heterocycles. The number of anilines is 1. The summed E-state index contributed by atoms with van der Waals surface area (Å²) in [6.07, 6.45) is 1.58. The molecule has 8 nitrogen and oxygen atoms in total. The Balaban J connectivity index is 2.26. The second-order valence-electron chi connectivity index (χ2n) is 8.27. The summed E-state index contributed by atoms with van der Waals surface area (Å²) in [5.74, 6) is -0.949. The van der Waals surface area contributed by atoms with Gasteiger partial charge in [0, 0.05) is 13.1 Å². The van der Waals surface area contributed by atoms with Gasteiger partial charge < -0.3 is 10.0 Å². The molecule has 1 aromatic heterocycles. The summed E-state index contributed by atoms with van der Waals surface area (Å²) >= 11 is 6.22. The Hall–Kier alpha value is -3.39. The van der Waals surface area contributed by atoms with Crippen molar-refractivity contribution in [2.24, 2.45) is 0 Å². The molecule has 0 bridgehead atoms. The van der Waals surface area contributed by atoms with Crippen molar-refractivity contribution in [2.75, 3.05) is 18.0 Å². The van der Waals surface area contributed by atoms with Crippen molar-refractivity contribution >= 4 is 23.5 Å². The Labute approximate surface area is 203 Å². The average molecular weight is 485 g/mol. The van der Waals surface area contributed by atoms with Gasteiger partial charge in [-0.05, 0) is 61.6 Å². The Morgan fingerprint density at radius 3 is 2.26 bits per heavy atom. The lowest BCUT2D eigenvalue weighted by atomic mass is 10.1. The summed E-state index contributed by atoms with van der Waals surface area (Å²) in [4.78, 5) is 44.4. The third kappa shape index (κ3) is 5.22. The molecule has 9 heteroatoms. The smallest absolute Gasteiger partial charge is 0.355 e. The number of aromatic nitrogens is 3. The van der Waals surface area contributed by atoms with Crippen molar-refractivity contribution in [3.8, 4) is 5.69 Å².